The number of hydrogen-bond donors (Lipinski definition) is 0. The molecule has 0 aromatic carbocycles. The van der Waals surface area contributed by atoms with Crippen LogP contribution in [0.2, 0.25) is 0 Å². The molecule has 1 aromatic rings. The minimum Gasteiger partial charge on any atom is -0.229 e. The van der Waals surface area contributed by atoms with Crippen molar-refractivity contribution in [2.24, 2.45) is 0 Å². The molecule has 0 aliphatic rings. The Labute approximate surface area is 92.7 Å². The molecule has 0 unspecified atom stereocenters. The highest BCUT2D eigenvalue weighted by Gasteiger charge is 2.04. The molecule has 14 heavy (non-hydrogen) atoms. The van der Waals surface area contributed by atoms with Crippen molar-refractivity contribution >= 4 is 28.7 Å². The van der Waals surface area contributed by atoms with Gasteiger partial charge in [-0.25, -0.2) is 4.98 Å². The van der Waals surface area contributed by atoms with Crippen molar-refractivity contribution in [3.63, 3.8) is 0 Å². The van der Waals surface area contributed by atoms with E-state index in [9.17, 15) is 0 Å². The molecule has 0 radical (unpaired) electrons. The van der Waals surface area contributed by atoms with Crippen LogP contribution in [0.25, 0.3) is 5.57 Å². The highest BCUT2D eigenvalue weighted by Crippen LogP contribution is 2.24. The van der Waals surface area contributed by atoms with Crippen LogP contribution in [0, 0.1) is 11.3 Å². The summed E-state index contributed by atoms with van der Waals surface area (Å²) >= 11 is 3.23. The van der Waals surface area contributed by atoms with Crippen LogP contribution in [-0.2, 0) is 0 Å². The summed E-state index contributed by atoms with van der Waals surface area (Å²) < 4.78 is 0. The summed E-state index contributed by atoms with van der Waals surface area (Å²) in [6.07, 6.45) is 2.41. The van der Waals surface area contributed by atoms with Gasteiger partial charge in [-0.2, -0.15) is 5.26 Å². The summed E-state index contributed by atoms with van der Waals surface area (Å²) in [7, 11) is 0. The van der Waals surface area contributed by atoms with Crippen molar-refractivity contribution in [3.8, 4) is 6.07 Å². The molecular formula is C10H12N2S2. The molecule has 0 atom stereocenters. The summed E-state index contributed by atoms with van der Waals surface area (Å²) in [5, 5.41) is 12.4. The number of thioether (sulfide) groups is 1. The van der Waals surface area contributed by atoms with Gasteiger partial charge in [0.05, 0.1) is 5.57 Å². The van der Waals surface area contributed by atoms with E-state index in [1.807, 2.05) is 11.4 Å². The zero-order chi connectivity index (χ0) is 10.4. The van der Waals surface area contributed by atoms with Crippen LogP contribution < -0.4 is 0 Å². The number of allylic oxidation sites excluding steroid dienone is 1. The van der Waals surface area contributed by atoms with Crippen LogP contribution in [0.4, 0.5) is 0 Å². The van der Waals surface area contributed by atoms with Gasteiger partial charge in [0.25, 0.3) is 0 Å². The van der Waals surface area contributed by atoms with Crippen molar-refractivity contribution in [2.45, 2.75) is 24.8 Å². The molecule has 1 rings (SSSR count). The quantitative estimate of drug-likeness (QED) is 0.436. The predicted molar refractivity (Wildman–Crippen MR) is 62.4 cm³/mol. The molecule has 4 heteroatoms. The highest BCUT2D eigenvalue weighted by molar-refractivity contribution is 7.99. The molecule has 0 spiro atoms. The van der Waals surface area contributed by atoms with E-state index in [0.717, 1.165) is 15.8 Å². The van der Waals surface area contributed by atoms with Gasteiger partial charge in [-0.15, -0.1) is 23.1 Å². The number of thiazole rings is 1. The molecule has 0 N–H and O–H groups in total. The molecule has 2 nitrogen and oxygen atoms in total. The summed E-state index contributed by atoms with van der Waals surface area (Å²) in [6, 6.07) is 2.01. The fourth-order valence-electron chi connectivity index (χ4n) is 0.833. The maximum Gasteiger partial charge on any atom is 0.134 e. The first-order valence-corrected chi connectivity index (χ1v) is 6.32. The number of unbranched alkanes of at least 4 members (excludes halogenated alkanes) is 1. The fraction of sp³-hybridized carbons (Fsp3) is 0.400. The Balaban J connectivity index is 2.52. The van der Waals surface area contributed by atoms with Gasteiger partial charge in [-0.3, -0.25) is 0 Å². The Hall–Kier alpha value is -0.790. The predicted octanol–water partition coefficient (Wildman–Crippen LogP) is 3.57. The van der Waals surface area contributed by atoms with E-state index in [1.54, 1.807) is 11.8 Å². The molecule has 0 fully saturated rings. The van der Waals surface area contributed by atoms with Crippen LogP contribution in [0.15, 0.2) is 17.0 Å². The standard InChI is InChI=1S/C10H12N2S2/c1-3-4-5-13-9-7-14-10(12-9)8(2)6-11/h7H,2-5H2,1H3. The van der Waals surface area contributed by atoms with E-state index in [0.29, 0.717) is 5.57 Å². The van der Waals surface area contributed by atoms with Gasteiger partial charge >= 0.3 is 0 Å². The van der Waals surface area contributed by atoms with E-state index in [-0.39, 0.29) is 0 Å². The monoisotopic (exact) mass is 224 g/mol. The third-order valence-electron chi connectivity index (χ3n) is 1.62. The molecule has 74 valence electrons. The third kappa shape index (κ3) is 3.17. The Kier molecular flexibility index (Phi) is 4.71. The van der Waals surface area contributed by atoms with Gasteiger partial charge in [-0.1, -0.05) is 19.9 Å². The van der Waals surface area contributed by atoms with E-state index in [4.69, 9.17) is 5.26 Å². The summed E-state index contributed by atoms with van der Waals surface area (Å²) in [6.45, 7) is 5.80. The lowest BCUT2D eigenvalue weighted by atomic mass is 10.4. The molecule has 0 aliphatic heterocycles. The Bertz CT molecular complexity index is 349. The zero-order valence-electron chi connectivity index (χ0n) is 8.12. The molecule has 0 saturated heterocycles. The van der Waals surface area contributed by atoms with Crippen LogP contribution >= 0.6 is 23.1 Å². The zero-order valence-corrected chi connectivity index (χ0v) is 9.75. The minimum absolute atomic E-state index is 0.456. The van der Waals surface area contributed by atoms with Gasteiger partial charge in [-0.05, 0) is 12.2 Å². The molecule has 0 saturated carbocycles. The van der Waals surface area contributed by atoms with Gasteiger partial charge < -0.3 is 0 Å². The molecular weight excluding hydrogens is 212 g/mol. The van der Waals surface area contributed by atoms with E-state index >= 15 is 0 Å². The second-order valence-corrected chi connectivity index (χ2v) is 4.76. The number of hydrogen-bond acceptors (Lipinski definition) is 4. The molecule has 0 bridgehead atoms. The SMILES string of the molecule is C=C(C#N)c1nc(SCCCC)cs1. The Morgan fingerprint density at radius 2 is 2.57 bits per heavy atom. The average Bonchev–Trinajstić information content (AvgIpc) is 2.66. The van der Waals surface area contributed by atoms with Gasteiger partial charge in [0, 0.05) is 5.38 Å². The van der Waals surface area contributed by atoms with E-state index in [2.05, 4.69) is 18.5 Å². The topological polar surface area (TPSA) is 36.7 Å². The first-order valence-electron chi connectivity index (χ1n) is 4.45. The van der Waals surface area contributed by atoms with Gasteiger partial charge in [0.1, 0.15) is 16.1 Å². The average molecular weight is 224 g/mol. The second kappa shape index (κ2) is 5.84. The largest absolute Gasteiger partial charge is 0.229 e. The summed E-state index contributed by atoms with van der Waals surface area (Å²) in [5.74, 6) is 1.10. The van der Waals surface area contributed by atoms with Crippen LogP contribution in [-0.4, -0.2) is 10.7 Å². The molecule has 1 heterocycles. The second-order valence-electron chi connectivity index (χ2n) is 2.78. The first kappa shape index (κ1) is 11.3. The van der Waals surface area contributed by atoms with Gasteiger partial charge in [0.2, 0.25) is 0 Å². The van der Waals surface area contributed by atoms with Crippen molar-refractivity contribution < 1.29 is 0 Å². The highest BCUT2D eigenvalue weighted by atomic mass is 32.2. The lowest BCUT2D eigenvalue weighted by molar-refractivity contribution is 0.895. The number of rotatable bonds is 5. The van der Waals surface area contributed by atoms with Crippen molar-refractivity contribution in [2.75, 3.05) is 5.75 Å². The maximum atomic E-state index is 8.62. The number of nitriles is 1. The first-order chi connectivity index (χ1) is 6.77. The van der Waals surface area contributed by atoms with Crippen molar-refractivity contribution in [1.82, 2.24) is 4.98 Å². The van der Waals surface area contributed by atoms with Crippen molar-refractivity contribution in [3.05, 3.63) is 17.0 Å². The molecule has 0 amide bonds. The number of nitrogens with zero attached hydrogens (tertiary/aromatic N) is 2. The smallest absolute Gasteiger partial charge is 0.134 e. The summed E-state index contributed by atoms with van der Waals surface area (Å²) in [5.41, 5.74) is 0.456. The fourth-order valence-corrected chi connectivity index (χ4v) is 2.71. The van der Waals surface area contributed by atoms with E-state index in [1.165, 1.54) is 24.2 Å². The van der Waals surface area contributed by atoms with Crippen LogP contribution in [0.5, 0.6) is 0 Å². The summed E-state index contributed by atoms with van der Waals surface area (Å²) in [4.78, 5) is 4.31. The molecule has 0 aliphatic carbocycles. The molecule has 1 aromatic heterocycles. The normalized spacial score (nSPS) is 9.71. The lowest BCUT2D eigenvalue weighted by Crippen LogP contribution is -1.80. The Morgan fingerprint density at radius 1 is 1.79 bits per heavy atom. The minimum atomic E-state index is 0.456. The third-order valence-corrected chi connectivity index (χ3v) is 3.67. The van der Waals surface area contributed by atoms with Gasteiger partial charge in [0.15, 0.2) is 0 Å². The number of aromatic nitrogens is 1. The Morgan fingerprint density at radius 3 is 3.21 bits per heavy atom. The van der Waals surface area contributed by atoms with Crippen LogP contribution in [0.3, 0.4) is 0 Å². The van der Waals surface area contributed by atoms with Crippen molar-refractivity contribution in [1.29, 1.82) is 5.26 Å². The maximum absolute atomic E-state index is 8.62. The lowest BCUT2D eigenvalue weighted by Gasteiger charge is -1.93. The van der Waals surface area contributed by atoms with E-state index < -0.39 is 0 Å². The van der Waals surface area contributed by atoms with Crippen LogP contribution in [0.1, 0.15) is 24.8 Å².